The molecular formula is C27H38BrN7O. The lowest BCUT2D eigenvalue weighted by atomic mass is 10.00. The largest absolute Gasteiger partial charge is 0.493 e. The summed E-state index contributed by atoms with van der Waals surface area (Å²) in [5.41, 5.74) is 4.82. The third-order valence-electron chi connectivity index (χ3n) is 7.37. The standard InChI is InChI=1S/C27H38BrN7O/c1-19(2)17-36-22-15-21(7-6-10-33-8-4-5-9-33)20(3)23(16-22)34-11-13-35(14-12-34)27-24-25(28)31-32-26(24)29-18-30-27/h15-16,18-19H,4-14,17H2,1-3H3,(H,29,30,31,32). The first-order chi connectivity index (χ1) is 17.5. The van der Waals surface area contributed by atoms with Crippen LogP contribution in [0.3, 0.4) is 0 Å². The van der Waals surface area contributed by atoms with E-state index in [2.05, 4.69) is 83.7 Å². The number of rotatable bonds is 9. The Morgan fingerprint density at radius 2 is 1.78 bits per heavy atom. The van der Waals surface area contributed by atoms with E-state index in [1.54, 1.807) is 6.33 Å². The molecule has 2 saturated heterocycles. The van der Waals surface area contributed by atoms with Crippen molar-refractivity contribution in [2.24, 2.45) is 5.92 Å². The number of nitrogens with zero attached hydrogens (tertiary/aromatic N) is 6. The number of aryl methyl sites for hydroxylation is 1. The summed E-state index contributed by atoms with van der Waals surface area (Å²) in [4.78, 5) is 16.4. The Labute approximate surface area is 222 Å². The van der Waals surface area contributed by atoms with Crippen LogP contribution in [0.4, 0.5) is 11.5 Å². The van der Waals surface area contributed by atoms with Crippen molar-refractivity contribution in [3.63, 3.8) is 0 Å². The number of piperazine rings is 1. The van der Waals surface area contributed by atoms with Gasteiger partial charge in [0, 0.05) is 37.9 Å². The van der Waals surface area contributed by atoms with Gasteiger partial charge in [0.2, 0.25) is 0 Å². The van der Waals surface area contributed by atoms with Crippen LogP contribution in [0.5, 0.6) is 5.75 Å². The highest BCUT2D eigenvalue weighted by molar-refractivity contribution is 9.10. The van der Waals surface area contributed by atoms with Gasteiger partial charge >= 0.3 is 0 Å². The second-order valence-electron chi connectivity index (χ2n) is 10.5. The van der Waals surface area contributed by atoms with E-state index in [-0.39, 0.29) is 0 Å². The average molecular weight is 557 g/mol. The van der Waals surface area contributed by atoms with E-state index in [0.717, 1.165) is 60.8 Å². The number of likely N-dealkylation sites (tertiary alicyclic amines) is 1. The maximum Gasteiger partial charge on any atom is 0.187 e. The number of hydrogen-bond acceptors (Lipinski definition) is 7. The highest BCUT2D eigenvalue weighted by Gasteiger charge is 2.24. The van der Waals surface area contributed by atoms with Crippen LogP contribution in [0.2, 0.25) is 0 Å². The molecular weight excluding hydrogens is 518 g/mol. The van der Waals surface area contributed by atoms with Crippen LogP contribution >= 0.6 is 15.9 Å². The van der Waals surface area contributed by atoms with Crippen molar-refractivity contribution in [3.8, 4) is 5.75 Å². The monoisotopic (exact) mass is 555 g/mol. The molecule has 2 aliphatic rings. The van der Waals surface area contributed by atoms with Gasteiger partial charge in [-0.1, -0.05) is 13.8 Å². The summed E-state index contributed by atoms with van der Waals surface area (Å²) in [5.74, 6) is 2.44. The van der Waals surface area contributed by atoms with Gasteiger partial charge in [-0.3, -0.25) is 5.10 Å². The molecule has 2 fully saturated rings. The van der Waals surface area contributed by atoms with Crippen LogP contribution in [-0.2, 0) is 6.42 Å². The van der Waals surface area contributed by atoms with Crippen LogP contribution in [0.1, 0.15) is 44.2 Å². The number of fused-ring (bicyclic) bond motifs is 1. The molecule has 0 amide bonds. The Morgan fingerprint density at radius 1 is 1.03 bits per heavy atom. The van der Waals surface area contributed by atoms with Gasteiger partial charge in [-0.05, 0) is 91.3 Å². The zero-order valence-electron chi connectivity index (χ0n) is 21.8. The number of ether oxygens (including phenoxy) is 1. The Morgan fingerprint density at radius 3 is 2.53 bits per heavy atom. The quantitative estimate of drug-likeness (QED) is 0.406. The van der Waals surface area contributed by atoms with E-state index in [9.17, 15) is 0 Å². The second kappa shape index (κ2) is 11.3. The minimum Gasteiger partial charge on any atom is -0.493 e. The molecule has 0 bridgehead atoms. The third-order valence-corrected chi connectivity index (χ3v) is 7.94. The van der Waals surface area contributed by atoms with Gasteiger partial charge in [0.25, 0.3) is 0 Å². The molecule has 2 aromatic heterocycles. The smallest absolute Gasteiger partial charge is 0.187 e. The zero-order chi connectivity index (χ0) is 25.1. The number of H-pyrrole nitrogens is 1. The lowest BCUT2D eigenvalue weighted by Gasteiger charge is -2.38. The van der Waals surface area contributed by atoms with Crippen LogP contribution in [-0.4, -0.2) is 77.5 Å². The van der Waals surface area contributed by atoms with Crippen molar-refractivity contribution in [1.82, 2.24) is 25.1 Å². The predicted octanol–water partition coefficient (Wildman–Crippen LogP) is 4.81. The third kappa shape index (κ3) is 5.62. The SMILES string of the molecule is Cc1c(CCCN2CCCC2)cc(OCC(C)C)cc1N1CCN(c2ncnc3n[nH]c(Br)c23)CC1. The number of aromatic nitrogens is 4. The molecule has 8 nitrogen and oxygen atoms in total. The van der Waals surface area contributed by atoms with Crippen molar-refractivity contribution < 1.29 is 4.74 Å². The second-order valence-corrected chi connectivity index (χ2v) is 11.3. The van der Waals surface area contributed by atoms with Crippen molar-refractivity contribution in [2.45, 2.75) is 46.5 Å². The predicted molar refractivity (Wildman–Crippen MR) is 149 cm³/mol. The van der Waals surface area contributed by atoms with Crippen LogP contribution in [0.25, 0.3) is 11.0 Å². The molecule has 9 heteroatoms. The number of nitrogens with one attached hydrogen (secondary N) is 1. The molecule has 194 valence electrons. The van der Waals surface area contributed by atoms with E-state index in [0.29, 0.717) is 11.6 Å². The highest BCUT2D eigenvalue weighted by Crippen LogP contribution is 2.33. The fraction of sp³-hybridized carbons (Fsp3) is 0.593. The van der Waals surface area contributed by atoms with Gasteiger partial charge in [-0.2, -0.15) is 5.10 Å². The Bertz CT molecular complexity index is 1170. The molecule has 1 N–H and O–H groups in total. The average Bonchev–Trinajstić information content (AvgIpc) is 3.54. The number of benzene rings is 1. The topological polar surface area (TPSA) is 73.4 Å². The van der Waals surface area contributed by atoms with Crippen LogP contribution in [0, 0.1) is 12.8 Å². The highest BCUT2D eigenvalue weighted by atomic mass is 79.9. The molecule has 3 aromatic rings. The molecule has 0 saturated carbocycles. The number of aromatic amines is 1. The van der Waals surface area contributed by atoms with Gasteiger partial charge in [-0.15, -0.1) is 0 Å². The first-order valence-corrected chi connectivity index (χ1v) is 14.1. The minimum atomic E-state index is 0.504. The lowest BCUT2D eigenvalue weighted by molar-refractivity contribution is 0.270. The Hall–Kier alpha value is -2.39. The van der Waals surface area contributed by atoms with Gasteiger partial charge < -0.3 is 19.4 Å². The summed E-state index contributed by atoms with van der Waals surface area (Å²) in [7, 11) is 0. The van der Waals surface area contributed by atoms with Gasteiger partial charge in [0.1, 0.15) is 22.5 Å². The van der Waals surface area contributed by atoms with Crippen molar-refractivity contribution in [3.05, 3.63) is 34.2 Å². The molecule has 1 aromatic carbocycles. The number of anilines is 2. The maximum absolute atomic E-state index is 6.24. The zero-order valence-corrected chi connectivity index (χ0v) is 23.4. The number of hydrogen-bond donors (Lipinski definition) is 1. The van der Waals surface area contributed by atoms with E-state index in [1.807, 2.05) is 0 Å². The van der Waals surface area contributed by atoms with E-state index in [4.69, 9.17) is 4.74 Å². The molecule has 2 aliphatic heterocycles. The Balaban J connectivity index is 1.32. The summed E-state index contributed by atoms with van der Waals surface area (Å²) in [5, 5.41) is 8.20. The minimum absolute atomic E-state index is 0.504. The molecule has 36 heavy (non-hydrogen) atoms. The van der Waals surface area contributed by atoms with Crippen molar-refractivity contribution in [1.29, 1.82) is 0 Å². The summed E-state index contributed by atoms with van der Waals surface area (Å²) in [6.07, 6.45) is 6.61. The molecule has 0 atom stereocenters. The first-order valence-electron chi connectivity index (χ1n) is 13.3. The summed E-state index contributed by atoms with van der Waals surface area (Å²) < 4.78 is 7.07. The number of halogens is 1. The van der Waals surface area contributed by atoms with E-state index < -0.39 is 0 Å². The van der Waals surface area contributed by atoms with Crippen LogP contribution < -0.4 is 14.5 Å². The van der Waals surface area contributed by atoms with Crippen LogP contribution in [0.15, 0.2) is 23.1 Å². The first kappa shape index (κ1) is 25.3. The summed E-state index contributed by atoms with van der Waals surface area (Å²) >= 11 is 3.57. The Kier molecular flexibility index (Phi) is 7.96. The van der Waals surface area contributed by atoms with Gasteiger partial charge in [0.05, 0.1) is 12.0 Å². The van der Waals surface area contributed by atoms with Gasteiger partial charge in [-0.25, -0.2) is 9.97 Å². The lowest BCUT2D eigenvalue weighted by Crippen LogP contribution is -2.47. The molecule has 4 heterocycles. The molecule has 0 spiro atoms. The molecule has 0 aliphatic carbocycles. The fourth-order valence-corrected chi connectivity index (χ4v) is 5.81. The van der Waals surface area contributed by atoms with Gasteiger partial charge in [0.15, 0.2) is 5.65 Å². The van der Waals surface area contributed by atoms with Crippen molar-refractivity contribution in [2.75, 3.05) is 62.2 Å². The molecule has 5 rings (SSSR count). The molecule has 0 radical (unpaired) electrons. The molecule has 0 unspecified atom stereocenters. The van der Waals surface area contributed by atoms with Crippen molar-refractivity contribution >= 4 is 38.5 Å². The summed E-state index contributed by atoms with van der Waals surface area (Å²) in [6.45, 7) is 14.8. The fourth-order valence-electron chi connectivity index (χ4n) is 5.37. The van der Waals surface area contributed by atoms with E-state index >= 15 is 0 Å². The summed E-state index contributed by atoms with van der Waals surface area (Å²) in [6, 6.07) is 4.54. The maximum atomic E-state index is 6.24. The van der Waals surface area contributed by atoms with E-state index in [1.165, 1.54) is 55.7 Å². The normalized spacial score (nSPS) is 17.0.